The molecular weight excluding hydrogens is 368 g/mol. The number of ether oxygens (including phenoxy) is 1. The topological polar surface area (TPSA) is 84.3 Å². The summed E-state index contributed by atoms with van der Waals surface area (Å²) in [4.78, 5) is 16.9. The first-order valence-electron chi connectivity index (χ1n) is 8.09. The summed E-state index contributed by atoms with van der Waals surface area (Å²) in [6, 6.07) is 1.91. The van der Waals surface area contributed by atoms with E-state index in [1.807, 2.05) is 16.8 Å². The van der Waals surface area contributed by atoms with E-state index in [-0.39, 0.29) is 0 Å². The SMILES string of the molecule is C1CNCNC1.C=Nc1nc(-c2csc(-c3cncc(OC)c3)n2)cs1. The van der Waals surface area contributed by atoms with Crippen LogP contribution in [0.4, 0.5) is 5.13 Å². The van der Waals surface area contributed by atoms with Crippen LogP contribution in [-0.4, -0.2) is 48.5 Å². The Balaban J connectivity index is 0.000000278. The van der Waals surface area contributed by atoms with Crippen molar-refractivity contribution in [2.24, 2.45) is 4.99 Å². The first-order valence-corrected chi connectivity index (χ1v) is 9.85. The molecule has 1 aliphatic heterocycles. The highest BCUT2D eigenvalue weighted by Crippen LogP contribution is 2.31. The van der Waals surface area contributed by atoms with Crippen LogP contribution >= 0.6 is 22.7 Å². The Kier molecular flexibility index (Phi) is 6.78. The Morgan fingerprint density at radius 3 is 2.50 bits per heavy atom. The number of nitrogens with zero attached hydrogens (tertiary/aromatic N) is 4. The van der Waals surface area contributed by atoms with E-state index in [9.17, 15) is 0 Å². The highest BCUT2D eigenvalue weighted by molar-refractivity contribution is 7.14. The fraction of sp³-hybridized carbons (Fsp3) is 0.294. The Morgan fingerprint density at radius 2 is 1.88 bits per heavy atom. The van der Waals surface area contributed by atoms with Gasteiger partial charge in [0.15, 0.2) is 0 Å². The van der Waals surface area contributed by atoms with Gasteiger partial charge in [-0.2, -0.15) is 0 Å². The van der Waals surface area contributed by atoms with Crippen molar-refractivity contribution in [3.8, 4) is 27.7 Å². The molecule has 1 aliphatic rings. The van der Waals surface area contributed by atoms with Gasteiger partial charge in [0.2, 0.25) is 5.13 Å². The lowest BCUT2D eigenvalue weighted by Crippen LogP contribution is -2.37. The van der Waals surface area contributed by atoms with E-state index in [0.717, 1.165) is 28.6 Å². The fourth-order valence-corrected chi connectivity index (χ4v) is 3.64. The lowest BCUT2D eigenvalue weighted by atomic mass is 10.3. The maximum Gasteiger partial charge on any atom is 0.209 e. The van der Waals surface area contributed by atoms with Gasteiger partial charge in [-0.05, 0) is 32.3 Å². The zero-order chi connectivity index (χ0) is 18.2. The summed E-state index contributed by atoms with van der Waals surface area (Å²) >= 11 is 2.99. The predicted octanol–water partition coefficient (Wildman–Crippen LogP) is 3.20. The van der Waals surface area contributed by atoms with Gasteiger partial charge in [0.25, 0.3) is 0 Å². The second-order valence-electron chi connectivity index (χ2n) is 5.36. The van der Waals surface area contributed by atoms with Crippen LogP contribution in [0.3, 0.4) is 0 Å². The van der Waals surface area contributed by atoms with Crippen molar-refractivity contribution in [2.45, 2.75) is 6.42 Å². The molecule has 9 heteroatoms. The molecule has 2 N–H and O–H groups in total. The zero-order valence-corrected chi connectivity index (χ0v) is 16.1. The molecule has 1 saturated heterocycles. The van der Waals surface area contributed by atoms with Crippen molar-refractivity contribution in [3.63, 3.8) is 0 Å². The maximum absolute atomic E-state index is 5.17. The van der Waals surface area contributed by atoms with Crippen LogP contribution in [0.2, 0.25) is 0 Å². The first-order chi connectivity index (χ1) is 12.8. The number of aromatic nitrogens is 3. The van der Waals surface area contributed by atoms with E-state index >= 15 is 0 Å². The second-order valence-corrected chi connectivity index (χ2v) is 7.05. The van der Waals surface area contributed by atoms with Gasteiger partial charge in [-0.25, -0.2) is 15.0 Å². The van der Waals surface area contributed by atoms with Gasteiger partial charge in [-0.1, -0.05) is 0 Å². The number of hydrogen-bond donors (Lipinski definition) is 2. The van der Waals surface area contributed by atoms with Gasteiger partial charge in [-0.3, -0.25) is 4.98 Å². The average Bonchev–Trinajstić information content (AvgIpc) is 3.39. The lowest BCUT2D eigenvalue weighted by molar-refractivity contribution is 0.413. The maximum atomic E-state index is 5.17. The quantitative estimate of drug-likeness (QED) is 0.668. The minimum absolute atomic E-state index is 0.651. The second kappa shape index (κ2) is 9.48. The monoisotopic (exact) mass is 388 g/mol. The van der Waals surface area contributed by atoms with Gasteiger partial charge >= 0.3 is 0 Å². The number of methoxy groups -OCH3 is 1. The summed E-state index contributed by atoms with van der Waals surface area (Å²) in [5.74, 6) is 0.714. The predicted molar refractivity (Wildman–Crippen MR) is 108 cm³/mol. The number of hydrogen-bond acceptors (Lipinski definition) is 9. The number of nitrogens with one attached hydrogen (secondary N) is 2. The van der Waals surface area contributed by atoms with Crippen LogP contribution < -0.4 is 15.4 Å². The van der Waals surface area contributed by atoms with Gasteiger partial charge in [0, 0.05) is 29.2 Å². The van der Waals surface area contributed by atoms with E-state index in [1.165, 1.54) is 30.8 Å². The molecule has 0 aromatic carbocycles. The summed E-state index contributed by atoms with van der Waals surface area (Å²) in [5, 5.41) is 11.8. The van der Waals surface area contributed by atoms with Crippen LogP contribution in [0.5, 0.6) is 5.75 Å². The molecule has 1 fully saturated rings. The van der Waals surface area contributed by atoms with Crippen LogP contribution in [0.25, 0.3) is 22.0 Å². The Morgan fingerprint density at radius 1 is 1.12 bits per heavy atom. The smallest absolute Gasteiger partial charge is 0.209 e. The van der Waals surface area contributed by atoms with Crippen molar-refractivity contribution in [1.29, 1.82) is 0 Å². The first kappa shape index (κ1) is 18.6. The van der Waals surface area contributed by atoms with Gasteiger partial charge in [-0.15, -0.1) is 22.7 Å². The lowest BCUT2D eigenvalue weighted by Gasteiger charge is -2.11. The molecule has 0 aliphatic carbocycles. The van der Waals surface area contributed by atoms with Crippen LogP contribution in [-0.2, 0) is 0 Å². The molecule has 26 heavy (non-hydrogen) atoms. The van der Waals surface area contributed by atoms with Gasteiger partial charge in [0.1, 0.15) is 22.1 Å². The Bertz CT molecular complexity index is 832. The Hall–Kier alpha value is -2.20. The zero-order valence-electron chi connectivity index (χ0n) is 14.4. The van der Waals surface area contributed by atoms with E-state index in [0.29, 0.717) is 10.9 Å². The largest absolute Gasteiger partial charge is 0.495 e. The third kappa shape index (κ3) is 4.92. The van der Waals surface area contributed by atoms with E-state index < -0.39 is 0 Å². The average molecular weight is 389 g/mol. The molecule has 0 spiro atoms. The van der Waals surface area contributed by atoms with Crippen molar-refractivity contribution in [2.75, 3.05) is 26.9 Å². The molecule has 0 unspecified atom stereocenters. The summed E-state index contributed by atoms with van der Waals surface area (Å²) < 4.78 is 5.17. The number of aliphatic imine (C=N–C) groups is 1. The summed E-state index contributed by atoms with van der Waals surface area (Å²) in [7, 11) is 1.62. The highest BCUT2D eigenvalue weighted by atomic mass is 32.1. The normalized spacial score (nSPS) is 13.6. The van der Waals surface area contributed by atoms with Gasteiger partial charge in [0.05, 0.1) is 13.3 Å². The molecule has 0 atom stereocenters. The van der Waals surface area contributed by atoms with Crippen molar-refractivity contribution >= 4 is 34.5 Å². The minimum atomic E-state index is 0.651. The molecule has 0 radical (unpaired) electrons. The standard InChI is InChI=1S/C13H10N4OS2.C4H10N2/c1-14-13-17-11(7-20-13)10-6-19-12(16-10)8-3-9(18-2)5-15-4-8;1-2-5-4-6-3-1/h3-7H,1H2,2H3;5-6H,1-4H2. The molecule has 3 aromatic rings. The summed E-state index contributed by atoms with van der Waals surface area (Å²) in [5.41, 5.74) is 2.58. The number of thiazole rings is 2. The Labute approximate surface area is 160 Å². The van der Waals surface area contributed by atoms with Crippen LogP contribution in [0.1, 0.15) is 6.42 Å². The fourth-order valence-electron chi connectivity index (χ4n) is 2.23. The van der Waals surface area contributed by atoms with Crippen LogP contribution in [0.15, 0.2) is 34.2 Å². The van der Waals surface area contributed by atoms with Gasteiger partial charge < -0.3 is 15.4 Å². The van der Waals surface area contributed by atoms with Crippen LogP contribution in [0, 0.1) is 0 Å². The molecule has 0 amide bonds. The molecule has 7 nitrogen and oxygen atoms in total. The molecule has 3 aromatic heterocycles. The van der Waals surface area contributed by atoms with E-state index in [1.54, 1.807) is 30.8 Å². The molecule has 4 heterocycles. The third-order valence-corrected chi connectivity index (χ3v) is 5.21. The van der Waals surface area contributed by atoms with Crippen molar-refractivity contribution < 1.29 is 4.74 Å². The third-order valence-electron chi connectivity index (χ3n) is 3.55. The molecule has 4 rings (SSSR count). The molecule has 136 valence electrons. The summed E-state index contributed by atoms with van der Waals surface area (Å²) in [6.45, 7) is 6.84. The summed E-state index contributed by atoms with van der Waals surface area (Å²) in [6.07, 6.45) is 4.71. The molecular formula is C17H20N6OS2. The molecule has 0 saturated carbocycles. The van der Waals surface area contributed by atoms with Crippen molar-refractivity contribution in [1.82, 2.24) is 25.6 Å². The minimum Gasteiger partial charge on any atom is -0.495 e. The number of rotatable bonds is 4. The van der Waals surface area contributed by atoms with E-state index in [4.69, 9.17) is 4.74 Å². The highest BCUT2D eigenvalue weighted by Gasteiger charge is 2.10. The van der Waals surface area contributed by atoms with Crippen molar-refractivity contribution in [3.05, 3.63) is 29.2 Å². The number of pyridine rings is 1. The van der Waals surface area contributed by atoms with E-state index in [2.05, 4.69) is 37.3 Å². The molecule has 0 bridgehead atoms.